The number of hydrogen-bond donors (Lipinski definition) is 1. The predicted molar refractivity (Wildman–Crippen MR) is 118 cm³/mol. The lowest BCUT2D eigenvalue weighted by Crippen LogP contribution is -1.82. The third-order valence-electron chi connectivity index (χ3n) is 5.98. The van der Waals surface area contributed by atoms with Gasteiger partial charge in [-0.05, 0) is 35.0 Å². The van der Waals surface area contributed by atoms with Crippen molar-refractivity contribution in [3.8, 4) is 0 Å². The van der Waals surface area contributed by atoms with Crippen LogP contribution >= 0.6 is 0 Å². The molecule has 1 N–H and O–H groups in total. The van der Waals surface area contributed by atoms with Crippen LogP contribution in [0.5, 0.6) is 0 Å². The highest BCUT2D eigenvalue weighted by Gasteiger charge is 2.17. The van der Waals surface area contributed by atoms with Crippen molar-refractivity contribution >= 4 is 65.3 Å². The van der Waals surface area contributed by atoms with E-state index in [4.69, 9.17) is 4.42 Å². The molecule has 2 heterocycles. The van der Waals surface area contributed by atoms with Crippen LogP contribution in [-0.4, -0.2) is 4.98 Å². The Hall–Kier alpha value is -3.78. The summed E-state index contributed by atoms with van der Waals surface area (Å²) in [6.45, 7) is 0. The standard InChI is InChI=1S/C26H15NO/c1-2-8-16-15(7-1)23-19(26-24(16)17-9-3-5-11-20(17)27-26)13-14-22-25(23)18-10-4-6-12-21(18)28-22/h1-14,27H. The molecule has 130 valence electrons. The lowest BCUT2D eigenvalue weighted by atomic mass is 9.94. The molecule has 0 aliphatic carbocycles. The first-order valence-corrected chi connectivity index (χ1v) is 9.55. The molecule has 5 aromatic carbocycles. The van der Waals surface area contributed by atoms with E-state index in [-0.39, 0.29) is 0 Å². The fourth-order valence-corrected chi connectivity index (χ4v) is 4.85. The van der Waals surface area contributed by atoms with Crippen LogP contribution in [0, 0.1) is 0 Å². The monoisotopic (exact) mass is 357 g/mol. The SMILES string of the molecule is c1ccc2c(c1)[nH]c1c3ccc4oc5ccccc5c4c3c3ccccc3c21. The highest BCUT2D eigenvalue weighted by Crippen LogP contribution is 2.43. The Morgan fingerprint density at radius 2 is 1.14 bits per heavy atom. The van der Waals surface area contributed by atoms with Crippen LogP contribution in [0.2, 0.25) is 0 Å². The molecular weight excluding hydrogens is 342 g/mol. The average Bonchev–Trinajstić information content (AvgIpc) is 3.32. The molecule has 0 saturated heterocycles. The zero-order valence-electron chi connectivity index (χ0n) is 15.0. The topological polar surface area (TPSA) is 28.9 Å². The Bertz CT molecular complexity index is 1720. The van der Waals surface area contributed by atoms with Crippen molar-refractivity contribution in [2.45, 2.75) is 0 Å². The number of H-pyrrole nitrogens is 1. The van der Waals surface area contributed by atoms with Gasteiger partial charge in [-0.2, -0.15) is 0 Å². The van der Waals surface area contributed by atoms with Gasteiger partial charge in [-0.1, -0.05) is 60.7 Å². The lowest BCUT2D eigenvalue weighted by Gasteiger charge is -2.08. The molecule has 28 heavy (non-hydrogen) atoms. The molecule has 0 unspecified atom stereocenters. The van der Waals surface area contributed by atoms with Crippen molar-refractivity contribution < 1.29 is 4.42 Å². The smallest absolute Gasteiger partial charge is 0.136 e. The van der Waals surface area contributed by atoms with Gasteiger partial charge in [-0.15, -0.1) is 0 Å². The molecule has 0 radical (unpaired) electrons. The van der Waals surface area contributed by atoms with Crippen molar-refractivity contribution in [1.82, 2.24) is 4.98 Å². The van der Waals surface area contributed by atoms with Crippen molar-refractivity contribution in [3.63, 3.8) is 0 Å². The normalized spacial score (nSPS) is 12.3. The highest BCUT2D eigenvalue weighted by atomic mass is 16.3. The second-order valence-electron chi connectivity index (χ2n) is 7.43. The van der Waals surface area contributed by atoms with Gasteiger partial charge in [0.1, 0.15) is 11.2 Å². The van der Waals surface area contributed by atoms with Gasteiger partial charge in [-0.3, -0.25) is 0 Å². The minimum atomic E-state index is 0.936. The highest BCUT2D eigenvalue weighted by molar-refractivity contribution is 6.37. The molecule has 0 atom stereocenters. The van der Waals surface area contributed by atoms with Crippen LogP contribution in [0.4, 0.5) is 0 Å². The summed E-state index contributed by atoms with van der Waals surface area (Å²) in [7, 11) is 0. The Labute approximate surface area is 160 Å². The molecular formula is C26H15NO. The second kappa shape index (κ2) is 4.93. The van der Waals surface area contributed by atoms with E-state index in [1.165, 1.54) is 54.1 Å². The van der Waals surface area contributed by atoms with Gasteiger partial charge in [-0.25, -0.2) is 0 Å². The van der Waals surface area contributed by atoms with Crippen LogP contribution in [0.1, 0.15) is 0 Å². The first kappa shape index (κ1) is 14.3. The molecule has 0 spiro atoms. The van der Waals surface area contributed by atoms with E-state index in [9.17, 15) is 0 Å². The van der Waals surface area contributed by atoms with Gasteiger partial charge >= 0.3 is 0 Å². The number of hydrogen-bond acceptors (Lipinski definition) is 1. The molecule has 0 aliphatic rings. The quantitative estimate of drug-likeness (QED) is 0.279. The zero-order chi connectivity index (χ0) is 18.2. The number of furan rings is 1. The van der Waals surface area contributed by atoms with Crippen molar-refractivity contribution in [2.24, 2.45) is 0 Å². The molecule has 0 aliphatic heterocycles. The summed E-state index contributed by atoms with van der Waals surface area (Å²) in [4.78, 5) is 3.69. The molecule has 7 aromatic rings. The van der Waals surface area contributed by atoms with E-state index < -0.39 is 0 Å². The molecule has 2 heteroatoms. The number of benzene rings is 5. The summed E-state index contributed by atoms with van der Waals surface area (Å²) in [5.41, 5.74) is 4.24. The summed E-state index contributed by atoms with van der Waals surface area (Å²) in [6, 6.07) is 29.9. The molecule has 0 amide bonds. The molecule has 0 fully saturated rings. The molecule has 0 bridgehead atoms. The maximum atomic E-state index is 6.17. The maximum Gasteiger partial charge on any atom is 0.136 e. The minimum Gasteiger partial charge on any atom is -0.456 e. The lowest BCUT2D eigenvalue weighted by molar-refractivity contribution is 0.669. The third-order valence-corrected chi connectivity index (χ3v) is 5.98. The zero-order valence-corrected chi connectivity index (χ0v) is 15.0. The molecule has 0 saturated carbocycles. The van der Waals surface area contributed by atoms with E-state index in [1.54, 1.807) is 0 Å². The molecule has 2 nitrogen and oxygen atoms in total. The van der Waals surface area contributed by atoms with Crippen LogP contribution in [-0.2, 0) is 0 Å². The number of aromatic amines is 1. The number of aromatic nitrogens is 1. The van der Waals surface area contributed by atoms with Gasteiger partial charge in [0.15, 0.2) is 0 Å². The van der Waals surface area contributed by atoms with Gasteiger partial charge < -0.3 is 9.40 Å². The van der Waals surface area contributed by atoms with Gasteiger partial charge in [0, 0.05) is 37.8 Å². The average molecular weight is 357 g/mol. The van der Waals surface area contributed by atoms with Gasteiger partial charge in [0.05, 0.1) is 5.52 Å². The third kappa shape index (κ3) is 1.64. The Balaban J connectivity index is 1.90. The second-order valence-corrected chi connectivity index (χ2v) is 7.43. The number of nitrogens with one attached hydrogen (secondary N) is 1. The molecule has 7 rings (SSSR count). The van der Waals surface area contributed by atoms with E-state index in [1.807, 2.05) is 12.1 Å². The maximum absolute atomic E-state index is 6.17. The van der Waals surface area contributed by atoms with E-state index in [2.05, 4.69) is 77.8 Å². The summed E-state index contributed by atoms with van der Waals surface area (Å²) >= 11 is 0. The number of fused-ring (bicyclic) bond motifs is 12. The first-order chi connectivity index (χ1) is 13.9. The Kier molecular flexibility index (Phi) is 2.52. The fourth-order valence-electron chi connectivity index (χ4n) is 4.85. The van der Waals surface area contributed by atoms with E-state index in [0.717, 1.165) is 11.2 Å². The van der Waals surface area contributed by atoms with Crippen LogP contribution in [0.3, 0.4) is 0 Å². The Morgan fingerprint density at radius 1 is 0.464 bits per heavy atom. The summed E-state index contributed by atoms with van der Waals surface area (Å²) in [5, 5.41) is 9.99. The summed E-state index contributed by atoms with van der Waals surface area (Å²) in [6.07, 6.45) is 0. The fraction of sp³-hybridized carbons (Fsp3) is 0. The molecule has 2 aromatic heterocycles. The number of para-hydroxylation sites is 2. The van der Waals surface area contributed by atoms with Crippen LogP contribution < -0.4 is 0 Å². The summed E-state index contributed by atoms with van der Waals surface area (Å²) in [5.74, 6) is 0. The van der Waals surface area contributed by atoms with Gasteiger partial charge in [0.25, 0.3) is 0 Å². The van der Waals surface area contributed by atoms with E-state index >= 15 is 0 Å². The van der Waals surface area contributed by atoms with Crippen molar-refractivity contribution in [2.75, 3.05) is 0 Å². The van der Waals surface area contributed by atoms with Gasteiger partial charge in [0.2, 0.25) is 0 Å². The largest absolute Gasteiger partial charge is 0.456 e. The van der Waals surface area contributed by atoms with Crippen molar-refractivity contribution in [1.29, 1.82) is 0 Å². The number of rotatable bonds is 0. The predicted octanol–water partition coefficient (Wildman–Crippen LogP) is 7.53. The van der Waals surface area contributed by atoms with Crippen LogP contribution in [0.15, 0.2) is 89.3 Å². The Morgan fingerprint density at radius 3 is 2.00 bits per heavy atom. The van der Waals surface area contributed by atoms with Crippen LogP contribution in [0.25, 0.3) is 65.3 Å². The first-order valence-electron chi connectivity index (χ1n) is 9.55. The van der Waals surface area contributed by atoms with E-state index in [0.29, 0.717) is 0 Å². The van der Waals surface area contributed by atoms with Crippen molar-refractivity contribution in [3.05, 3.63) is 84.9 Å². The summed E-state index contributed by atoms with van der Waals surface area (Å²) < 4.78 is 6.17. The minimum absolute atomic E-state index is 0.936.